The molecule has 2 amide bonds. The molecule has 2 rings (SSSR count). The van der Waals surface area contributed by atoms with Crippen LogP contribution in [0.5, 0.6) is 0 Å². The molecule has 0 saturated carbocycles. The summed E-state index contributed by atoms with van der Waals surface area (Å²) in [5.41, 5.74) is 1.69. The second-order valence-electron chi connectivity index (χ2n) is 7.37. The van der Waals surface area contributed by atoms with E-state index < -0.39 is 6.04 Å². The van der Waals surface area contributed by atoms with Crippen LogP contribution in [-0.2, 0) is 22.6 Å². The maximum absolute atomic E-state index is 13.3. The van der Waals surface area contributed by atoms with Crippen LogP contribution in [0.1, 0.15) is 38.3 Å². The van der Waals surface area contributed by atoms with Crippen LogP contribution in [-0.4, -0.2) is 29.3 Å². The number of carbonyl (C=O) groups is 2. The number of nitrogens with zero attached hydrogens (tertiary/aromatic N) is 1. The highest BCUT2D eigenvalue weighted by Crippen LogP contribution is 2.15. The van der Waals surface area contributed by atoms with Crippen LogP contribution in [0.25, 0.3) is 0 Å². The zero-order valence-corrected chi connectivity index (χ0v) is 16.8. The van der Waals surface area contributed by atoms with Crippen LogP contribution in [0.2, 0.25) is 0 Å². The summed E-state index contributed by atoms with van der Waals surface area (Å²) in [7, 11) is 0. The molecule has 0 saturated heterocycles. The van der Waals surface area contributed by atoms with Crippen molar-refractivity contribution in [2.24, 2.45) is 5.92 Å². The Kier molecular flexibility index (Phi) is 8.18. The summed E-state index contributed by atoms with van der Waals surface area (Å²) in [6.07, 6.45) is 0.724. The fraction of sp³-hybridized carbons (Fsp3) is 0.391. The van der Waals surface area contributed by atoms with E-state index in [9.17, 15) is 14.0 Å². The van der Waals surface area contributed by atoms with Crippen LogP contribution >= 0.6 is 0 Å². The molecule has 28 heavy (non-hydrogen) atoms. The molecule has 0 aromatic heterocycles. The minimum absolute atomic E-state index is 0.123. The lowest BCUT2D eigenvalue weighted by Crippen LogP contribution is -2.50. The molecule has 0 aliphatic heterocycles. The lowest BCUT2D eigenvalue weighted by Gasteiger charge is -2.31. The molecule has 0 unspecified atom stereocenters. The van der Waals surface area contributed by atoms with Gasteiger partial charge in [-0.3, -0.25) is 9.59 Å². The molecule has 0 radical (unpaired) electrons. The van der Waals surface area contributed by atoms with E-state index in [-0.39, 0.29) is 30.6 Å². The zero-order chi connectivity index (χ0) is 20.5. The predicted octanol–water partition coefficient (Wildman–Crippen LogP) is 3.95. The van der Waals surface area contributed by atoms with Crippen molar-refractivity contribution in [1.82, 2.24) is 10.2 Å². The summed E-state index contributed by atoms with van der Waals surface area (Å²) < 4.78 is 13.3. The summed E-state index contributed by atoms with van der Waals surface area (Å²) in [5, 5.41) is 2.93. The molecule has 0 heterocycles. The summed E-state index contributed by atoms with van der Waals surface area (Å²) in [6, 6.07) is 14.9. The van der Waals surface area contributed by atoms with Crippen molar-refractivity contribution in [2.45, 2.75) is 46.2 Å². The highest BCUT2D eigenvalue weighted by atomic mass is 19.1. The molecular formula is C23H29FN2O2. The van der Waals surface area contributed by atoms with E-state index in [1.807, 2.05) is 51.1 Å². The molecule has 0 spiro atoms. The second-order valence-corrected chi connectivity index (χ2v) is 7.37. The summed E-state index contributed by atoms with van der Waals surface area (Å²) in [6.45, 7) is 6.77. The Balaban J connectivity index is 2.23. The highest BCUT2D eigenvalue weighted by molar-refractivity contribution is 5.88. The number of rotatable bonds is 9. The minimum atomic E-state index is -0.569. The van der Waals surface area contributed by atoms with E-state index in [1.165, 1.54) is 12.1 Å². The van der Waals surface area contributed by atoms with E-state index in [1.54, 1.807) is 17.0 Å². The number of hydrogen-bond acceptors (Lipinski definition) is 2. The van der Waals surface area contributed by atoms with Gasteiger partial charge in [0.15, 0.2) is 0 Å². The van der Waals surface area contributed by atoms with Gasteiger partial charge < -0.3 is 10.2 Å². The number of hydrogen-bond donors (Lipinski definition) is 1. The van der Waals surface area contributed by atoms with E-state index in [0.29, 0.717) is 18.9 Å². The van der Waals surface area contributed by atoms with Gasteiger partial charge in [0.25, 0.3) is 0 Å². The molecule has 2 aromatic rings. The van der Waals surface area contributed by atoms with Crippen molar-refractivity contribution < 1.29 is 14.0 Å². The van der Waals surface area contributed by atoms with Crippen molar-refractivity contribution in [3.05, 3.63) is 71.5 Å². The molecular weight excluding hydrogens is 355 g/mol. The Morgan fingerprint density at radius 3 is 2.21 bits per heavy atom. The molecule has 0 aliphatic rings. The molecule has 0 fully saturated rings. The fourth-order valence-electron chi connectivity index (χ4n) is 3.00. The quantitative estimate of drug-likeness (QED) is 0.712. The van der Waals surface area contributed by atoms with Gasteiger partial charge in [0.2, 0.25) is 11.8 Å². The van der Waals surface area contributed by atoms with Crippen molar-refractivity contribution >= 4 is 11.8 Å². The van der Waals surface area contributed by atoms with Gasteiger partial charge in [0, 0.05) is 13.1 Å². The van der Waals surface area contributed by atoms with E-state index in [4.69, 9.17) is 0 Å². The molecule has 5 heteroatoms. The smallest absolute Gasteiger partial charge is 0.242 e. The third kappa shape index (κ3) is 6.48. The number of nitrogens with one attached hydrogen (secondary N) is 1. The van der Waals surface area contributed by atoms with Crippen LogP contribution in [0.15, 0.2) is 54.6 Å². The Labute approximate surface area is 166 Å². The van der Waals surface area contributed by atoms with Crippen molar-refractivity contribution in [2.75, 3.05) is 6.54 Å². The van der Waals surface area contributed by atoms with Crippen molar-refractivity contribution in [1.29, 1.82) is 0 Å². The molecule has 2 aromatic carbocycles. The minimum Gasteiger partial charge on any atom is -0.354 e. The largest absolute Gasteiger partial charge is 0.354 e. The van der Waals surface area contributed by atoms with Crippen LogP contribution < -0.4 is 5.32 Å². The highest BCUT2D eigenvalue weighted by Gasteiger charge is 2.28. The summed E-state index contributed by atoms with van der Waals surface area (Å²) in [4.78, 5) is 27.5. The van der Waals surface area contributed by atoms with E-state index in [2.05, 4.69) is 5.32 Å². The zero-order valence-electron chi connectivity index (χ0n) is 16.8. The van der Waals surface area contributed by atoms with Gasteiger partial charge in [-0.05, 0) is 35.6 Å². The van der Waals surface area contributed by atoms with E-state index >= 15 is 0 Å². The molecule has 1 N–H and O–H groups in total. The first-order chi connectivity index (χ1) is 13.4. The first-order valence-corrected chi connectivity index (χ1v) is 9.76. The maximum atomic E-state index is 13.3. The molecule has 1 atom stereocenters. The molecule has 4 nitrogen and oxygen atoms in total. The summed E-state index contributed by atoms with van der Waals surface area (Å²) >= 11 is 0. The van der Waals surface area contributed by atoms with Gasteiger partial charge in [0.05, 0.1) is 6.42 Å². The Morgan fingerprint density at radius 2 is 1.64 bits per heavy atom. The Bertz CT molecular complexity index is 760. The lowest BCUT2D eigenvalue weighted by atomic mass is 10.1. The van der Waals surface area contributed by atoms with Crippen LogP contribution in [0, 0.1) is 11.7 Å². The average molecular weight is 384 g/mol. The first-order valence-electron chi connectivity index (χ1n) is 9.76. The third-order valence-corrected chi connectivity index (χ3v) is 4.53. The van der Waals surface area contributed by atoms with Crippen LogP contribution in [0.4, 0.5) is 4.39 Å². The normalized spacial score (nSPS) is 11.9. The van der Waals surface area contributed by atoms with Gasteiger partial charge in [-0.1, -0.05) is 63.2 Å². The predicted molar refractivity (Wildman–Crippen MR) is 109 cm³/mol. The number of halogens is 1. The molecule has 150 valence electrons. The maximum Gasteiger partial charge on any atom is 0.242 e. The van der Waals surface area contributed by atoms with Gasteiger partial charge in [0.1, 0.15) is 11.9 Å². The number of carbonyl (C=O) groups excluding carboxylic acids is 2. The van der Waals surface area contributed by atoms with Crippen molar-refractivity contribution in [3.8, 4) is 0 Å². The van der Waals surface area contributed by atoms with Gasteiger partial charge >= 0.3 is 0 Å². The summed E-state index contributed by atoms with van der Waals surface area (Å²) in [5.74, 6) is -0.276. The first kappa shape index (κ1) is 21.6. The number of amides is 2. The lowest BCUT2D eigenvalue weighted by molar-refractivity contribution is -0.141. The average Bonchev–Trinajstić information content (AvgIpc) is 2.68. The molecule has 0 aliphatic carbocycles. The van der Waals surface area contributed by atoms with Crippen molar-refractivity contribution in [3.63, 3.8) is 0 Å². The van der Waals surface area contributed by atoms with Crippen LogP contribution in [0.3, 0.4) is 0 Å². The van der Waals surface area contributed by atoms with Gasteiger partial charge in [-0.2, -0.15) is 0 Å². The second kappa shape index (κ2) is 10.6. The topological polar surface area (TPSA) is 49.4 Å². The SMILES string of the molecule is CC[C@H](C(=O)NCC(C)C)N(Cc1ccc(F)cc1)C(=O)Cc1ccccc1. The molecule has 0 bridgehead atoms. The Hall–Kier alpha value is -2.69. The van der Waals surface area contributed by atoms with E-state index in [0.717, 1.165) is 11.1 Å². The standard InChI is InChI=1S/C23H29FN2O2/c1-4-21(23(28)25-15-17(2)3)26(16-19-10-12-20(24)13-11-19)22(27)14-18-8-6-5-7-9-18/h5-13,17,21H,4,14-16H2,1-3H3,(H,25,28)/t21-/m1/s1. The van der Waals surface area contributed by atoms with Gasteiger partial charge in [-0.25, -0.2) is 4.39 Å². The Morgan fingerprint density at radius 1 is 1.00 bits per heavy atom. The van der Waals surface area contributed by atoms with Gasteiger partial charge in [-0.15, -0.1) is 0 Å². The fourth-order valence-corrected chi connectivity index (χ4v) is 3.00. The number of benzene rings is 2. The monoisotopic (exact) mass is 384 g/mol. The third-order valence-electron chi connectivity index (χ3n) is 4.53.